The number of hydrogen-bond acceptors (Lipinski definition) is 5. The molecule has 1 aromatic heterocycles. The van der Waals surface area contributed by atoms with E-state index in [9.17, 15) is 4.79 Å². The smallest absolute Gasteiger partial charge is 0.237 e. The van der Waals surface area contributed by atoms with E-state index in [1.54, 1.807) is 25.4 Å². The molecule has 0 unspecified atom stereocenters. The monoisotopic (exact) mass is 306 g/mol. The Morgan fingerprint density at radius 2 is 2.14 bits per heavy atom. The molecular formula is C14H18N4O2S. The lowest BCUT2D eigenvalue weighted by Crippen LogP contribution is -2.28. The Kier molecular flexibility index (Phi) is 5.77. The van der Waals surface area contributed by atoms with Gasteiger partial charge in [-0.05, 0) is 12.1 Å². The van der Waals surface area contributed by atoms with E-state index in [2.05, 4.69) is 10.2 Å². The van der Waals surface area contributed by atoms with Gasteiger partial charge in [-0.1, -0.05) is 30.0 Å². The van der Waals surface area contributed by atoms with Gasteiger partial charge in [-0.15, -0.1) is 10.2 Å². The Labute approximate surface area is 128 Å². The largest absolute Gasteiger partial charge is 0.383 e. The van der Waals surface area contributed by atoms with Crippen molar-refractivity contribution in [2.45, 2.75) is 11.7 Å². The van der Waals surface area contributed by atoms with Gasteiger partial charge in [-0.3, -0.25) is 4.79 Å². The van der Waals surface area contributed by atoms with Gasteiger partial charge in [0.1, 0.15) is 6.33 Å². The molecule has 0 saturated heterocycles. The van der Waals surface area contributed by atoms with Gasteiger partial charge in [0.15, 0.2) is 5.16 Å². The SMILES string of the molecule is COCCn1cnnc1SCC(=O)N(C)c1ccccc1. The summed E-state index contributed by atoms with van der Waals surface area (Å²) in [5.74, 6) is 0.337. The van der Waals surface area contributed by atoms with Crippen molar-refractivity contribution < 1.29 is 9.53 Å². The van der Waals surface area contributed by atoms with Crippen molar-refractivity contribution in [3.05, 3.63) is 36.7 Å². The van der Waals surface area contributed by atoms with Gasteiger partial charge in [-0.25, -0.2) is 0 Å². The van der Waals surface area contributed by atoms with Crippen LogP contribution in [-0.2, 0) is 16.1 Å². The summed E-state index contributed by atoms with van der Waals surface area (Å²) in [6.45, 7) is 1.26. The van der Waals surface area contributed by atoms with E-state index in [-0.39, 0.29) is 5.91 Å². The highest BCUT2D eigenvalue weighted by atomic mass is 32.2. The van der Waals surface area contributed by atoms with E-state index in [4.69, 9.17) is 4.74 Å². The number of para-hydroxylation sites is 1. The minimum atomic E-state index is 0.0208. The Hall–Kier alpha value is -1.86. The van der Waals surface area contributed by atoms with Crippen molar-refractivity contribution in [3.8, 4) is 0 Å². The topological polar surface area (TPSA) is 60.2 Å². The van der Waals surface area contributed by atoms with Crippen molar-refractivity contribution in [1.29, 1.82) is 0 Å². The van der Waals surface area contributed by atoms with Gasteiger partial charge in [0.25, 0.3) is 0 Å². The Morgan fingerprint density at radius 3 is 2.86 bits per heavy atom. The van der Waals surface area contributed by atoms with Crippen LogP contribution in [0.3, 0.4) is 0 Å². The van der Waals surface area contributed by atoms with Crippen molar-refractivity contribution in [2.75, 3.05) is 31.4 Å². The van der Waals surface area contributed by atoms with Crippen molar-refractivity contribution in [1.82, 2.24) is 14.8 Å². The summed E-state index contributed by atoms with van der Waals surface area (Å²) in [5.41, 5.74) is 0.879. The zero-order valence-corrected chi connectivity index (χ0v) is 12.9. The van der Waals surface area contributed by atoms with E-state index < -0.39 is 0 Å². The quantitative estimate of drug-likeness (QED) is 0.728. The standard InChI is InChI=1S/C14H18N4O2S/c1-17(12-6-4-3-5-7-12)13(19)10-21-14-16-15-11-18(14)8-9-20-2/h3-7,11H,8-10H2,1-2H3. The third-order valence-electron chi connectivity index (χ3n) is 2.96. The minimum absolute atomic E-state index is 0.0208. The molecule has 112 valence electrons. The van der Waals surface area contributed by atoms with Crippen LogP contribution in [0.5, 0.6) is 0 Å². The molecule has 0 aliphatic rings. The molecule has 0 aliphatic heterocycles. The fourth-order valence-electron chi connectivity index (χ4n) is 1.72. The van der Waals surface area contributed by atoms with Gasteiger partial charge >= 0.3 is 0 Å². The van der Waals surface area contributed by atoms with Crippen LogP contribution in [0.1, 0.15) is 0 Å². The number of benzene rings is 1. The van der Waals surface area contributed by atoms with E-state index in [1.165, 1.54) is 11.8 Å². The highest BCUT2D eigenvalue weighted by Gasteiger charge is 2.13. The van der Waals surface area contributed by atoms with Gasteiger partial charge < -0.3 is 14.2 Å². The molecule has 1 amide bonds. The second kappa shape index (κ2) is 7.80. The number of amides is 1. The van der Waals surface area contributed by atoms with E-state index >= 15 is 0 Å². The summed E-state index contributed by atoms with van der Waals surface area (Å²) < 4.78 is 6.91. The number of carbonyl (C=O) groups excluding carboxylic acids is 1. The van der Waals surface area contributed by atoms with Gasteiger partial charge in [0, 0.05) is 26.4 Å². The number of rotatable bonds is 7. The number of aromatic nitrogens is 3. The number of carbonyl (C=O) groups is 1. The third-order valence-corrected chi connectivity index (χ3v) is 3.92. The lowest BCUT2D eigenvalue weighted by atomic mass is 10.3. The predicted molar refractivity (Wildman–Crippen MR) is 82.5 cm³/mol. The molecular weight excluding hydrogens is 288 g/mol. The zero-order valence-electron chi connectivity index (χ0n) is 12.1. The molecule has 0 atom stereocenters. The van der Waals surface area contributed by atoms with Crippen molar-refractivity contribution in [3.63, 3.8) is 0 Å². The van der Waals surface area contributed by atoms with Crippen molar-refractivity contribution >= 4 is 23.4 Å². The average molecular weight is 306 g/mol. The van der Waals surface area contributed by atoms with Crippen LogP contribution in [0.25, 0.3) is 0 Å². The van der Waals surface area contributed by atoms with Crippen LogP contribution in [0.4, 0.5) is 5.69 Å². The molecule has 0 aliphatic carbocycles. The van der Waals surface area contributed by atoms with Gasteiger partial charge in [0.2, 0.25) is 5.91 Å². The molecule has 0 bridgehead atoms. The number of ether oxygens (including phenoxy) is 1. The first-order valence-corrected chi connectivity index (χ1v) is 7.52. The Bertz CT molecular complexity index is 573. The molecule has 0 saturated carbocycles. The molecule has 2 aromatic rings. The lowest BCUT2D eigenvalue weighted by Gasteiger charge is -2.16. The molecule has 0 fully saturated rings. The van der Waals surface area contributed by atoms with Crippen LogP contribution in [-0.4, -0.2) is 47.2 Å². The zero-order chi connectivity index (χ0) is 15.1. The fraction of sp³-hybridized carbons (Fsp3) is 0.357. The maximum atomic E-state index is 12.2. The van der Waals surface area contributed by atoms with E-state index in [0.29, 0.717) is 18.9 Å². The molecule has 6 nitrogen and oxygen atoms in total. The first-order valence-electron chi connectivity index (χ1n) is 6.53. The Morgan fingerprint density at radius 1 is 1.38 bits per heavy atom. The number of methoxy groups -OCH3 is 1. The third kappa shape index (κ3) is 4.30. The molecule has 7 heteroatoms. The van der Waals surface area contributed by atoms with Gasteiger partial charge in [0.05, 0.1) is 12.4 Å². The summed E-state index contributed by atoms with van der Waals surface area (Å²) in [4.78, 5) is 13.8. The molecule has 1 aromatic carbocycles. The number of anilines is 1. The Balaban J connectivity index is 1.91. The molecule has 2 rings (SSSR count). The first kappa shape index (κ1) is 15.5. The van der Waals surface area contributed by atoms with Crippen LogP contribution >= 0.6 is 11.8 Å². The second-order valence-corrected chi connectivity index (χ2v) is 5.32. The molecule has 1 heterocycles. The fourth-order valence-corrected chi connectivity index (χ4v) is 2.57. The number of nitrogens with zero attached hydrogens (tertiary/aromatic N) is 4. The van der Waals surface area contributed by atoms with E-state index in [0.717, 1.165) is 10.8 Å². The van der Waals surface area contributed by atoms with Crippen LogP contribution in [0.15, 0.2) is 41.8 Å². The lowest BCUT2D eigenvalue weighted by molar-refractivity contribution is -0.115. The van der Waals surface area contributed by atoms with Crippen LogP contribution < -0.4 is 4.90 Å². The minimum Gasteiger partial charge on any atom is -0.383 e. The molecule has 0 radical (unpaired) electrons. The van der Waals surface area contributed by atoms with E-state index in [1.807, 2.05) is 34.9 Å². The van der Waals surface area contributed by atoms with Crippen LogP contribution in [0, 0.1) is 0 Å². The number of thioether (sulfide) groups is 1. The maximum Gasteiger partial charge on any atom is 0.237 e. The molecule has 21 heavy (non-hydrogen) atoms. The maximum absolute atomic E-state index is 12.2. The molecule has 0 spiro atoms. The highest BCUT2D eigenvalue weighted by Crippen LogP contribution is 2.17. The summed E-state index contributed by atoms with van der Waals surface area (Å²) >= 11 is 1.38. The number of hydrogen-bond donors (Lipinski definition) is 0. The molecule has 0 N–H and O–H groups in total. The predicted octanol–water partition coefficient (Wildman–Crippen LogP) is 1.68. The summed E-state index contributed by atoms with van der Waals surface area (Å²) in [6, 6.07) is 9.56. The average Bonchev–Trinajstić information content (AvgIpc) is 2.98. The summed E-state index contributed by atoms with van der Waals surface area (Å²) in [7, 11) is 3.42. The highest BCUT2D eigenvalue weighted by molar-refractivity contribution is 7.99. The second-order valence-electron chi connectivity index (χ2n) is 4.38. The van der Waals surface area contributed by atoms with Crippen LogP contribution in [0.2, 0.25) is 0 Å². The normalized spacial score (nSPS) is 10.6. The first-order chi connectivity index (χ1) is 10.2. The summed E-state index contributed by atoms with van der Waals surface area (Å²) in [6.07, 6.45) is 1.65. The van der Waals surface area contributed by atoms with Gasteiger partial charge in [-0.2, -0.15) is 0 Å². The van der Waals surface area contributed by atoms with Crippen molar-refractivity contribution in [2.24, 2.45) is 0 Å². The summed E-state index contributed by atoms with van der Waals surface area (Å²) in [5, 5.41) is 8.61.